The number of benzene rings is 1. The average molecular weight is 319 g/mol. The molecule has 0 atom stereocenters. The van der Waals surface area contributed by atoms with Crippen LogP contribution in [0.5, 0.6) is 0 Å². The largest absolute Gasteiger partial charge is 0.294 e. The molecule has 0 bridgehead atoms. The number of nitrogens with zero attached hydrogens (tertiary/aromatic N) is 1. The van der Waals surface area contributed by atoms with Crippen molar-refractivity contribution in [1.29, 1.82) is 0 Å². The number of imide groups is 1. The Balaban J connectivity index is 2.21. The van der Waals surface area contributed by atoms with Gasteiger partial charge in [0, 0.05) is 12.1 Å². The fraction of sp³-hybridized carbons (Fsp3) is 0.273. The van der Waals surface area contributed by atoms with E-state index in [1.54, 1.807) is 0 Å². The molecule has 1 heterocycles. The maximum Gasteiger partial charge on any atom is 0.240 e. The molecule has 4 nitrogen and oxygen atoms in total. The molecule has 1 aliphatic rings. The number of carbonyl (C=O) groups is 2. The zero-order valence-corrected chi connectivity index (χ0v) is 10.8. The Kier molecular flexibility index (Phi) is 3.72. The van der Waals surface area contributed by atoms with Crippen LogP contribution in [0, 0.1) is 11.6 Å². The van der Waals surface area contributed by atoms with Crippen LogP contribution in [0.4, 0.5) is 8.78 Å². The Hall–Kier alpha value is -1.34. The van der Waals surface area contributed by atoms with Crippen LogP contribution in [-0.2, 0) is 16.1 Å². The van der Waals surface area contributed by atoms with Gasteiger partial charge in [-0.1, -0.05) is 0 Å². The first kappa shape index (κ1) is 13.1. The first-order valence-corrected chi connectivity index (χ1v) is 5.94. The highest BCUT2D eigenvalue weighted by Gasteiger charge is 2.24. The summed E-state index contributed by atoms with van der Waals surface area (Å²) < 4.78 is 27.4. The van der Waals surface area contributed by atoms with Gasteiger partial charge in [-0.3, -0.25) is 19.8 Å². The lowest BCUT2D eigenvalue weighted by Crippen LogP contribution is -2.51. The van der Waals surface area contributed by atoms with Gasteiger partial charge in [-0.2, -0.15) is 0 Å². The van der Waals surface area contributed by atoms with Crippen LogP contribution < -0.4 is 5.32 Å². The molecule has 1 fully saturated rings. The molecule has 2 amide bonds. The molecule has 96 valence electrons. The predicted octanol–water partition coefficient (Wildman–Crippen LogP) is 1.19. The van der Waals surface area contributed by atoms with Crippen LogP contribution >= 0.6 is 15.9 Å². The summed E-state index contributed by atoms with van der Waals surface area (Å²) in [5.41, 5.74) is -0.160. The maximum absolute atomic E-state index is 13.7. The van der Waals surface area contributed by atoms with Gasteiger partial charge in [0.1, 0.15) is 11.6 Å². The third-order valence-corrected chi connectivity index (χ3v) is 3.15. The third-order valence-electron chi connectivity index (χ3n) is 2.53. The number of halogens is 3. The lowest BCUT2D eigenvalue weighted by atomic mass is 10.1. The van der Waals surface area contributed by atoms with Crippen molar-refractivity contribution < 1.29 is 18.4 Å². The van der Waals surface area contributed by atoms with E-state index >= 15 is 0 Å². The van der Waals surface area contributed by atoms with Gasteiger partial charge < -0.3 is 0 Å². The quantitative estimate of drug-likeness (QED) is 0.658. The highest BCUT2D eigenvalue weighted by molar-refractivity contribution is 9.10. The second-order valence-electron chi connectivity index (χ2n) is 3.94. The minimum Gasteiger partial charge on any atom is -0.294 e. The van der Waals surface area contributed by atoms with Crippen molar-refractivity contribution in [3.05, 3.63) is 33.8 Å². The Morgan fingerprint density at radius 2 is 1.83 bits per heavy atom. The summed E-state index contributed by atoms with van der Waals surface area (Å²) in [5, 5.41) is 2.12. The molecular weight excluding hydrogens is 310 g/mol. The molecule has 0 aliphatic carbocycles. The van der Waals surface area contributed by atoms with Crippen LogP contribution in [0.2, 0.25) is 0 Å². The van der Waals surface area contributed by atoms with E-state index in [9.17, 15) is 18.4 Å². The van der Waals surface area contributed by atoms with Crippen LogP contribution in [0.15, 0.2) is 16.6 Å². The molecule has 0 unspecified atom stereocenters. The SMILES string of the molecule is O=C1CN(Cc2c(F)ccc(Br)c2F)CC(=O)N1. The molecule has 0 spiro atoms. The van der Waals surface area contributed by atoms with Gasteiger partial charge in [0.25, 0.3) is 0 Å². The average Bonchev–Trinajstić information content (AvgIpc) is 2.28. The molecule has 0 radical (unpaired) electrons. The van der Waals surface area contributed by atoms with Crippen molar-refractivity contribution in [2.75, 3.05) is 13.1 Å². The molecule has 1 aromatic carbocycles. The van der Waals surface area contributed by atoms with Crippen molar-refractivity contribution in [2.45, 2.75) is 6.54 Å². The van der Waals surface area contributed by atoms with Crippen molar-refractivity contribution in [3.63, 3.8) is 0 Å². The topological polar surface area (TPSA) is 49.4 Å². The Morgan fingerprint density at radius 3 is 2.44 bits per heavy atom. The predicted molar refractivity (Wildman–Crippen MR) is 62.5 cm³/mol. The molecule has 0 saturated carbocycles. The van der Waals surface area contributed by atoms with Gasteiger partial charge in [-0.15, -0.1) is 0 Å². The normalized spacial score (nSPS) is 16.8. The van der Waals surface area contributed by atoms with Gasteiger partial charge in [-0.25, -0.2) is 8.78 Å². The number of nitrogens with one attached hydrogen (secondary N) is 1. The Bertz CT molecular complexity index is 506. The summed E-state index contributed by atoms with van der Waals surface area (Å²) in [4.78, 5) is 23.7. The molecule has 1 N–H and O–H groups in total. The van der Waals surface area contributed by atoms with Crippen LogP contribution in [0.3, 0.4) is 0 Å². The van der Waals surface area contributed by atoms with Gasteiger partial charge in [0.05, 0.1) is 17.6 Å². The van der Waals surface area contributed by atoms with E-state index in [4.69, 9.17) is 0 Å². The number of hydrogen-bond acceptors (Lipinski definition) is 3. The highest BCUT2D eigenvalue weighted by Crippen LogP contribution is 2.23. The van der Waals surface area contributed by atoms with Crippen LogP contribution in [0.25, 0.3) is 0 Å². The highest BCUT2D eigenvalue weighted by atomic mass is 79.9. The van der Waals surface area contributed by atoms with Crippen molar-refractivity contribution in [1.82, 2.24) is 10.2 Å². The fourth-order valence-electron chi connectivity index (χ4n) is 1.75. The number of amides is 2. The monoisotopic (exact) mass is 318 g/mol. The Labute approximate surface area is 110 Å². The third kappa shape index (κ3) is 2.73. The Morgan fingerprint density at radius 1 is 1.22 bits per heavy atom. The van der Waals surface area contributed by atoms with E-state index in [-0.39, 0.29) is 29.7 Å². The van der Waals surface area contributed by atoms with E-state index < -0.39 is 23.4 Å². The molecule has 1 saturated heterocycles. The van der Waals surface area contributed by atoms with Crippen LogP contribution in [-0.4, -0.2) is 29.8 Å². The van der Waals surface area contributed by atoms with E-state index in [2.05, 4.69) is 21.2 Å². The van der Waals surface area contributed by atoms with E-state index in [1.165, 1.54) is 11.0 Å². The molecule has 18 heavy (non-hydrogen) atoms. The van der Waals surface area contributed by atoms with Gasteiger partial charge in [-0.05, 0) is 28.1 Å². The number of carbonyl (C=O) groups excluding carboxylic acids is 2. The van der Waals surface area contributed by atoms with Crippen molar-refractivity contribution >= 4 is 27.7 Å². The van der Waals surface area contributed by atoms with E-state index in [0.29, 0.717) is 0 Å². The van der Waals surface area contributed by atoms with E-state index in [1.807, 2.05) is 0 Å². The van der Waals surface area contributed by atoms with Crippen molar-refractivity contribution in [3.8, 4) is 0 Å². The zero-order valence-electron chi connectivity index (χ0n) is 9.17. The van der Waals surface area contributed by atoms with Crippen LogP contribution in [0.1, 0.15) is 5.56 Å². The second kappa shape index (κ2) is 5.11. The smallest absolute Gasteiger partial charge is 0.240 e. The first-order valence-electron chi connectivity index (χ1n) is 5.15. The second-order valence-corrected chi connectivity index (χ2v) is 4.79. The molecule has 7 heteroatoms. The summed E-state index contributed by atoms with van der Waals surface area (Å²) in [6.45, 7) is -0.246. The van der Waals surface area contributed by atoms with Crippen molar-refractivity contribution in [2.24, 2.45) is 0 Å². The molecule has 0 aromatic heterocycles. The minimum absolute atomic E-state index is 0.0584. The molecular formula is C11H9BrF2N2O2. The molecule has 1 aliphatic heterocycles. The standard InChI is InChI=1S/C11H9BrF2N2O2/c12-7-1-2-8(13)6(11(7)14)3-16-4-9(17)15-10(18)5-16/h1-2H,3-5H2,(H,15,17,18). The first-order chi connectivity index (χ1) is 8.47. The lowest BCUT2D eigenvalue weighted by Gasteiger charge is -2.25. The van der Waals surface area contributed by atoms with Gasteiger partial charge in [0.15, 0.2) is 0 Å². The van der Waals surface area contributed by atoms with Gasteiger partial charge >= 0.3 is 0 Å². The fourth-order valence-corrected chi connectivity index (χ4v) is 2.12. The summed E-state index contributed by atoms with van der Waals surface area (Å²) in [7, 11) is 0. The maximum atomic E-state index is 13.7. The zero-order chi connectivity index (χ0) is 13.3. The summed E-state index contributed by atoms with van der Waals surface area (Å²) in [6.07, 6.45) is 0. The number of hydrogen-bond donors (Lipinski definition) is 1. The van der Waals surface area contributed by atoms with E-state index in [0.717, 1.165) is 6.07 Å². The lowest BCUT2D eigenvalue weighted by molar-refractivity contribution is -0.136. The number of piperazine rings is 1. The number of rotatable bonds is 2. The summed E-state index contributed by atoms with van der Waals surface area (Å²) in [6, 6.07) is 2.40. The summed E-state index contributed by atoms with van der Waals surface area (Å²) in [5.74, 6) is -2.35. The van der Waals surface area contributed by atoms with Gasteiger partial charge in [0.2, 0.25) is 11.8 Å². The molecule has 1 aromatic rings. The minimum atomic E-state index is -0.714. The summed E-state index contributed by atoms with van der Waals surface area (Å²) >= 11 is 2.96. The molecule has 2 rings (SSSR count).